The number of nitrogens with zero attached hydrogens (tertiary/aromatic N) is 1. The third-order valence-electron chi connectivity index (χ3n) is 4.02. The molecule has 4 N–H and O–H groups in total. The third kappa shape index (κ3) is 3.38. The highest BCUT2D eigenvalue weighted by Gasteiger charge is 2.44. The number of rotatable bonds is 5. The van der Waals surface area contributed by atoms with Crippen molar-refractivity contribution in [1.82, 2.24) is 0 Å². The number of benzene rings is 1. The van der Waals surface area contributed by atoms with Crippen LogP contribution in [0.2, 0.25) is 0 Å². The molecule has 3 unspecified atom stereocenters. The van der Waals surface area contributed by atoms with E-state index in [1.165, 1.54) is 12.1 Å². The highest BCUT2D eigenvalue weighted by Crippen LogP contribution is 2.38. The number of nitro groups is 1. The van der Waals surface area contributed by atoms with Crippen LogP contribution >= 0.6 is 0 Å². The first-order valence-electron chi connectivity index (χ1n) is 7.41. The van der Waals surface area contributed by atoms with Gasteiger partial charge in [-0.05, 0) is 6.07 Å². The van der Waals surface area contributed by atoms with Crippen LogP contribution in [0.5, 0.6) is 11.5 Å². The maximum atomic E-state index is 11.2. The van der Waals surface area contributed by atoms with Crippen molar-refractivity contribution in [3.63, 3.8) is 0 Å². The van der Waals surface area contributed by atoms with Crippen LogP contribution in [-0.2, 0) is 16.1 Å². The molecule has 0 aliphatic carbocycles. The van der Waals surface area contributed by atoms with Crippen LogP contribution in [0.4, 0.5) is 5.69 Å². The van der Waals surface area contributed by atoms with E-state index in [1.807, 2.05) is 0 Å². The first kappa shape index (κ1) is 17.8. The van der Waals surface area contributed by atoms with E-state index in [0.717, 1.165) is 0 Å². The fraction of sp³-hybridized carbons (Fsp3) is 0.571. The first-order chi connectivity index (χ1) is 11.9. The van der Waals surface area contributed by atoms with Crippen LogP contribution in [0.1, 0.15) is 5.56 Å². The van der Waals surface area contributed by atoms with Crippen molar-refractivity contribution >= 4 is 5.69 Å². The third-order valence-corrected chi connectivity index (χ3v) is 4.02. The molecule has 0 amide bonds. The zero-order valence-electron chi connectivity index (χ0n) is 12.8. The molecule has 1 aromatic carbocycles. The lowest BCUT2D eigenvalue weighted by Gasteiger charge is -2.39. The Morgan fingerprint density at radius 2 is 1.84 bits per heavy atom. The minimum atomic E-state index is -1.59. The van der Waals surface area contributed by atoms with Crippen molar-refractivity contribution in [3.8, 4) is 11.5 Å². The summed E-state index contributed by atoms with van der Waals surface area (Å²) in [5, 5.41) is 49.7. The highest BCUT2D eigenvalue weighted by atomic mass is 16.7. The number of fused-ring (bicyclic) bond motifs is 1. The predicted octanol–water partition coefficient (Wildman–Crippen LogP) is -1.36. The predicted molar refractivity (Wildman–Crippen MR) is 77.8 cm³/mol. The molecular formula is C14H17NO10. The summed E-state index contributed by atoms with van der Waals surface area (Å²) in [6.07, 6.45) is -7.22. The Balaban J connectivity index is 1.76. The quantitative estimate of drug-likeness (QED) is 0.365. The molecule has 11 nitrogen and oxygen atoms in total. The Morgan fingerprint density at radius 1 is 1.16 bits per heavy atom. The summed E-state index contributed by atoms with van der Waals surface area (Å²) >= 11 is 0. The molecule has 0 radical (unpaired) electrons. The van der Waals surface area contributed by atoms with E-state index < -0.39 is 42.2 Å². The van der Waals surface area contributed by atoms with E-state index in [0.29, 0.717) is 5.75 Å². The number of aliphatic hydroxyl groups is 4. The second-order valence-electron chi connectivity index (χ2n) is 5.60. The van der Waals surface area contributed by atoms with Gasteiger partial charge in [0.15, 0.2) is 17.8 Å². The van der Waals surface area contributed by atoms with Gasteiger partial charge in [-0.1, -0.05) is 0 Å². The smallest absolute Gasteiger partial charge is 0.278 e. The average Bonchev–Trinajstić information content (AvgIpc) is 3.05. The molecule has 0 saturated carbocycles. The molecule has 2 heterocycles. The van der Waals surface area contributed by atoms with E-state index >= 15 is 0 Å². The number of hydrogen-bond acceptors (Lipinski definition) is 10. The second kappa shape index (κ2) is 7.07. The molecular weight excluding hydrogens is 342 g/mol. The minimum Gasteiger partial charge on any atom is -0.454 e. The van der Waals surface area contributed by atoms with E-state index in [4.69, 9.17) is 24.1 Å². The largest absolute Gasteiger partial charge is 0.454 e. The fourth-order valence-corrected chi connectivity index (χ4v) is 2.64. The normalized spacial score (nSPS) is 31.1. The Hall–Kier alpha value is -2.02. The minimum absolute atomic E-state index is 0.0521. The first-order valence-corrected chi connectivity index (χ1v) is 7.41. The van der Waals surface area contributed by atoms with Gasteiger partial charge >= 0.3 is 0 Å². The van der Waals surface area contributed by atoms with Crippen LogP contribution in [0.25, 0.3) is 0 Å². The van der Waals surface area contributed by atoms with Crippen molar-refractivity contribution in [3.05, 3.63) is 27.8 Å². The summed E-state index contributed by atoms with van der Waals surface area (Å²) in [4.78, 5) is 10.6. The van der Waals surface area contributed by atoms with Crippen molar-refractivity contribution in [2.45, 2.75) is 37.3 Å². The zero-order chi connectivity index (χ0) is 18.1. The number of aliphatic hydroxyl groups excluding tert-OH is 4. The van der Waals surface area contributed by atoms with Crippen LogP contribution in [0.15, 0.2) is 12.1 Å². The van der Waals surface area contributed by atoms with Gasteiger partial charge in [-0.15, -0.1) is 0 Å². The average molecular weight is 359 g/mol. The molecule has 11 heteroatoms. The number of hydrogen-bond donors (Lipinski definition) is 4. The molecule has 138 valence electrons. The second-order valence-corrected chi connectivity index (χ2v) is 5.60. The maximum Gasteiger partial charge on any atom is 0.278 e. The van der Waals surface area contributed by atoms with Gasteiger partial charge in [-0.25, -0.2) is 0 Å². The lowest BCUT2D eigenvalue weighted by atomic mass is 9.99. The van der Waals surface area contributed by atoms with Crippen molar-refractivity contribution in [2.75, 3.05) is 13.4 Å². The summed E-state index contributed by atoms with van der Waals surface area (Å²) in [6.45, 7) is -0.992. The molecule has 25 heavy (non-hydrogen) atoms. The monoisotopic (exact) mass is 359 g/mol. The SMILES string of the molecule is O=[N+]([O-])c1cc2c(cc1CO[C@@H]1OC(CO)[C@@H](O)C(O)C1O)OCO2. The lowest BCUT2D eigenvalue weighted by molar-refractivity contribution is -0.386. The molecule has 2 aliphatic rings. The number of nitro benzene ring substituents is 1. The molecule has 0 aromatic heterocycles. The van der Waals surface area contributed by atoms with Gasteiger partial charge < -0.3 is 39.4 Å². The molecule has 1 saturated heterocycles. The Bertz CT molecular complexity index is 651. The lowest BCUT2D eigenvalue weighted by Crippen LogP contribution is -2.59. The van der Waals surface area contributed by atoms with Crippen LogP contribution in [-0.4, -0.2) is 69.5 Å². The van der Waals surface area contributed by atoms with Gasteiger partial charge in [0.2, 0.25) is 6.79 Å². The molecule has 2 aliphatic heterocycles. The summed E-state index contributed by atoms with van der Waals surface area (Å²) in [5.74, 6) is 0.557. The van der Waals surface area contributed by atoms with Gasteiger partial charge in [0.1, 0.15) is 24.4 Å². The Morgan fingerprint density at radius 3 is 2.48 bits per heavy atom. The van der Waals surface area contributed by atoms with E-state index in [1.54, 1.807) is 0 Å². The van der Waals surface area contributed by atoms with Crippen molar-refractivity contribution < 1.29 is 44.3 Å². The molecule has 1 fully saturated rings. The molecule has 0 bridgehead atoms. The highest BCUT2D eigenvalue weighted by molar-refractivity contribution is 5.55. The van der Waals surface area contributed by atoms with Crippen LogP contribution in [0, 0.1) is 10.1 Å². The molecule has 3 rings (SSSR count). The summed E-state index contributed by atoms with van der Waals surface area (Å²) in [7, 11) is 0. The van der Waals surface area contributed by atoms with Crippen LogP contribution in [0.3, 0.4) is 0 Å². The van der Waals surface area contributed by atoms with Crippen molar-refractivity contribution in [1.29, 1.82) is 0 Å². The zero-order valence-corrected chi connectivity index (χ0v) is 12.8. The van der Waals surface area contributed by atoms with E-state index in [2.05, 4.69) is 0 Å². The Kier molecular flexibility index (Phi) is 5.03. The summed E-state index contributed by atoms with van der Waals surface area (Å²) in [5.41, 5.74) is -0.125. The topological polar surface area (TPSA) is 161 Å². The van der Waals surface area contributed by atoms with E-state index in [9.17, 15) is 25.4 Å². The van der Waals surface area contributed by atoms with Gasteiger partial charge in [0, 0.05) is 0 Å². The molecule has 5 atom stereocenters. The maximum absolute atomic E-state index is 11.2. The molecule has 1 aromatic rings. The standard InChI is InChI=1S/C14H17NO10/c16-3-10-11(17)12(18)13(19)14(25-10)22-4-6-1-8-9(24-5-23-8)2-7(6)15(20)21/h1-2,10-14,16-19H,3-5H2/t10?,11-,12?,13?,14-/m1/s1. The van der Waals surface area contributed by atoms with E-state index in [-0.39, 0.29) is 30.4 Å². The van der Waals surface area contributed by atoms with Gasteiger partial charge in [0.25, 0.3) is 5.69 Å². The van der Waals surface area contributed by atoms with Gasteiger partial charge in [0.05, 0.1) is 29.8 Å². The molecule has 0 spiro atoms. The summed E-state index contributed by atoms with van der Waals surface area (Å²) in [6, 6.07) is 2.58. The summed E-state index contributed by atoms with van der Waals surface area (Å²) < 4.78 is 20.8. The number of ether oxygens (including phenoxy) is 4. The Labute approximate surface area is 141 Å². The van der Waals surface area contributed by atoms with Crippen LogP contribution < -0.4 is 9.47 Å². The van der Waals surface area contributed by atoms with Gasteiger partial charge in [-0.3, -0.25) is 10.1 Å². The van der Waals surface area contributed by atoms with Gasteiger partial charge in [-0.2, -0.15) is 0 Å². The fourth-order valence-electron chi connectivity index (χ4n) is 2.64. The van der Waals surface area contributed by atoms with Crippen molar-refractivity contribution in [2.24, 2.45) is 0 Å².